The van der Waals surface area contributed by atoms with E-state index >= 15 is 0 Å². The van der Waals surface area contributed by atoms with Crippen molar-refractivity contribution in [3.8, 4) is 0 Å². The van der Waals surface area contributed by atoms with Crippen LogP contribution >= 0.6 is 0 Å². The second kappa shape index (κ2) is 7.97. The first-order valence-corrected chi connectivity index (χ1v) is 7.04. The summed E-state index contributed by atoms with van der Waals surface area (Å²) < 4.78 is 0. The number of nitrogens with two attached hydrogens (primary N) is 1. The maximum absolute atomic E-state index is 11.4. The van der Waals surface area contributed by atoms with Gasteiger partial charge < -0.3 is 16.0 Å². The molecule has 1 aromatic rings. The molecule has 0 saturated carbocycles. The number of nitrogens with zero attached hydrogens (tertiary/aromatic N) is 2. The normalized spacial score (nSPS) is 14.2. The number of primary amides is 1. The molecular weight excluding hydrogens is 252 g/mol. The van der Waals surface area contributed by atoms with E-state index in [4.69, 9.17) is 5.73 Å². The molecule has 0 aliphatic heterocycles. The third-order valence-electron chi connectivity index (χ3n) is 3.84. The lowest BCUT2D eigenvalue weighted by atomic mass is 9.95. The summed E-state index contributed by atoms with van der Waals surface area (Å²) in [6.07, 6.45) is 6.34. The Morgan fingerprint density at radius 2 is 2.05 bits per heavy atom. The van der Waals surface area contributed by atoms with Gasteiger partial charge in [0.1, 0.15) is 0 Å². The first kappa shape index (κ1) is 16.6. The second-order valence-electron chi connectivity index (χ2n) is 5.46. The predicted molar refractivity (Wildman–Crippen MR) is 81.3 cm³/mol. The second-order valence-corrected chi connectivity index (χ2v) is 5.46. The molecule has 1 amide bonds. The Morgan fingerprint density at radius 1 is 1.40 bits per heavy atom. The average molecular weight is 278 g/mol. The fraction of sp³-hybridized carbons (Fsp3) is 0.600. The highest BCUT2D eigenvalue weighted by molar-refractivity contribution is 5.84. The van der Waals surface area contributed by atoms with Crippen LogP contribution in [-0.2, 0) is 11.2 Å². The highest BCUT2D eigenvalue weighted by Crippen LogP contribution is 2.11. The fourth-order valence-corrected chi connectivity index (χ4v) is 2.06. The largest absolute Gasteiger partial charge is 0.368 e. The van der Waals surface area contributed by atoms with Gasteiger partial charge in [-0.3, -0.25) is 9.78 Å². The van der Waals surface area contributed by atoms with E-state index in [1.54, 1.807) is 7.05 Å². The summed E-state index contributed by atoms with van der Waals surface area (Å²) in [5.74, 6) is -0.292. The zero-order valence-corrected chi connectivity index (χ0v) is 12.7. The number of nitrogens with one attached hydrogen (secondary N) is 1. The molecule has 0 saturated heterocycles. The predicted octanol–water partition coefficient (Wildman–Crippen LogP) is 0.800. The number of pyridine rings is 1. The van der Waals surface area contributed by atoms with Crippen LogP contribution in [-0.4, -0.2) is 48.5 Å². The minimum atomic E-state index is -0.605. The van der Waals surface area contributed by atoms with Crippen molar-refractivity contribution in [3.63, 3.8) is 0 Å². The van der Waals surface area contributed by atoms with Crippen LogP contribution in [0.2, 0.25) is 0 Å². The van der Waals surface area contributed by atoms with Gasteiger partial charge in [0.05, 0.1) is 5.54 Å². The van der Waals surface area contributed by atoms with Gasteiger partial charge in [0.15, 0.2) is 0 Å². The molecule has 112 valence electrons. The van der Waals surface area contributed by atoms with Crippen molar-refractivity contribution >= 4 is 5.91 Å². The van der Waals surface area contributed by atoms with Crippen molar-refractivity contribution in [2.24, 2.45) is 5.73 Å². The number of aromatic nitrogens is 1. The van der Waals surface area contributed by atoms with Gasteiger partial charge in [-0.1, -0.05) is 0 Å². The summed E-state index contributed by atoms with van der Waals surface area (Å²) in [5.41, 5.74) is 6.10. The summed E-state index contributed by atoms with van der Waals surface area (Å²) in [5, 5.41) is 3.01. The Kier molecular flexibility index (Phi) is 6.61. The Morgan fingerprint density at radius 3 is 2.60 bits per heavy atom. The molecule has 0 aromatic carbocycles. The molecule has 1 heterocycles. The number of hydrogen-bond acceptors (Lipinski definition) is 4. The van der Waals surface area contributed by atoms with Crippen LogP contribution in [0.15, 0.2) is 24.5 Å². The summed E-state index contributed by atoms with van der Waals surface area (Å²) in [6, 6.07) is 4.08. The van der Waals surface area contributed by atoms with Crippen molar-refractivity contribution < 1.29 is 4.79 Å². The average Bonchev–Trinajstić information content (AvgIpc) is 2.45. The summed E-state index contributed by atoms with van der Waals surface area (Å²) in [7, 11) is 3.88. The van der Waals surface area contributed by atoms with E-state index < -0.39 is 5.54 Å². The first-order valence-electron chi connectivity index (χ1n) is 7.04. The van der Waals surface area contributed by atoms with E-state index in [0.29, 0.717) is 0 Å². The van der Waals surface area contributed by atoms with Crippen molar-refractivity contribution in [2.45, 2.75) is 31.7 Å². The molecule has 20 heavy (non-hydrogen) atoms. The number of carbonyl (C=O) groups is 1. The van der Waals surface area contributed by atoms with Crippen molar-refractivity contribution in [3.05, 3.63) is 30.1 Å². The van der Waals surface area contributed by atoms with E-state index in [0.717, 1.165) is 32.4 Å². The highest BCUT2D eigenvalue weighted by atomic mass is 16.1. The number of rotatable bonds is 9. The van der Waals surface area contributed by atoms with E-state index in [9.17, 15) is 4.79 Å². The molecule has 1 aromatic heterocycles. The Labute approximate surface area is 121 Å². The van der Waals surface area contributed by atoms with Crippen LogP contribution < -0.4 is 11.1 Å². The molecule has 0 spiro atoms. The molecule has 1 unspecified atom stereocenters. The molecular formula is C15H26N4O. The third kappa shape index (κ3) is 5.27. The standard InChI is InChI=1S/C15H26N4O/c1-15(17-2,14(16)20)8-4-11-19(3)12-7-13-5-9-18-10-6-13/h5-6,9-10,17H,4,7-8,11-12H2,1-3H3,(H2,16,20). The van der Waals surface area contributed by atoms with Gasteiger partial charge in [-0.25, -0.2) is 0 Å². The zero-order chi connectivity index (χ0) is 15.0. The van der Waals surface area contributed by atoms with Crippen LogP contribution in [0.1, 0.15) is 25.3 Å². The molecule has 0 fully saturated rings. The number of carbonyl (C=O) groups excluding carboxylic acids is 1. The molecule has 3 N–H and O–H groups in total. The highest BCUT2D eigenvalue weighted by Gasteiger charge is 2.28. The van der Waals surface area contributed by atoms with E-state index in [1.807, 2.05) is 31.5 Å². The van der Waals surface area contributed by atoms with Gasteiger partial charge in [-0.05, 0) is 64.5 Å². The summed E-state index contributed by atoms with van der Waals surface area (Å²) >= 11 is 0. The summed E-state index contributed by atoms with van der Waals surface area (Å²) in [6.45, 7) is 3.80. The van der Waals surface area contributed by atoms with Gasteiger partial charge >= 0.3 is 0 Å². The number of likely N-dealkylation sites (N-methyl/N-ethyl adjacent to an activating group) is 2. The van der Waals surface area contributed by atoms with Crippen molar-refractivity contribution in [1.29, 1.82) is 0 Å². The van der Waals surface area contributed by atoms with Crippen LogP contribution in [0.3, 0.4) is 0 Å². The SMILES string of the molecule is CNC(C)(CCCN(C)CCc1ccncc1)C(N)=O. The topological polar surface area (TPSA) is 71.2 Å². The lowest BCUT2D eigenvalue weighted by molar-refractivity contribution is -0.123. The van der Waals surface area contributed by atoms with Gasteiger partial charge in [-0.15, -0.1) is 0 Å². The zero-order valence-electron chi connectivity index (χ0n) is 12.7. The van der Waals surface area contributed by atoms with Crippen molar-refractivity contribution in [1.82, 2.24) is 15.2 Å². The Hall–Kier alpha value is -1.46. The monoisotopic (exact) mass is 278 g/mol. The van der Waals surface area contributed by atoms with Crippen LogP contribution in [0.4, 0.5) is 0 Å². The van der Waals surface area contributed by atoms with E-state index in [2.05, 4.69) is 22.2 Å². The molecule has 0 aliphatic carbocycles. The quantitative estimate of drug-likeness (QED) is 0.701. The van der Waals surface area contributed by atoms with E-state index in [1.165, 1.54) is 5.56 Å². The fourth-order valence-electron chi connectivity index (χ4n) is 2.06. The first-order chi connectivity index (χ1) is 9.48. The summed E-state index contributed by atoms with van der Waals surface area (Å²) in [4.78, 5) is 17.7. The molecule has 1 rings (SSSR count). The molecule has 5 heteroatoms. The number of hydrogen-bond donors (Lipinski definition) is 2. The third-order valence-corrected chi connectivity index (χ3v) is 3.84. The Balaban J connectivity index is 2.26. The van der Waals surface area contributed by atoms with Gasteiger partial charge in [-0.2, -0.15) is 0 Å². The maximum atomic E-state index is 11.4. The van der Waals surface area contributed by atoms with Crippen LogP contribution in [0.5, 0.6) is 0 Å². The van der Waals surface area contributed by atoms with Crippen LogP contribution in [0, 0.1) is 0 Å². The lowest BCUT2D eigenvalue weighted by Gasteiger charge is -2.26. The number of amides is 1. The van der Waals surface area contributed by atoms with Gasteiger partial charge in [0.25, 0.3) is 0 Å². The Bertz CT molecular complexity index is 410. The lowest BCUT2D eigenvalue weighted by Crippen LogP contribution is -2.51. The smallest absolute Gasteiger partial charge is 0.237 e. The molecule has 1 atom stereocenters. The molecule has 0 bridgehead atoms. The van der Waals surface area contributed by atoms with Gasteiger partial charge in [0.2, 0.25) is 5.91 Å². The maximum Gasteiger partial charge on any atom is 0.237 e. The van der Waals surface area contributed by atoms with Crippen molar-refractivity contribution in [2.75, 3.05) is 27.2 Å². The minimum Gasteiger partial charge on any atom is -0.368 e. The van der Waals surface area contributed by atoms with Crippen LogP contribution in [0.25, 0.3) is 0 Å². The molecule has 5 nitrogen and oxygen atoms in total. The van der Waals surface area contributed by atoms with Gasteiger partial charge in [0, 0.05) is 18.9 Å². The van der Waals surface area contributed by atoms with E-state index in [-0.39, 0.29) is 5.91 Å². The molecule has 0 aliphatic rings. The minimum absolute atomic E-state index is 0.292. The molecule has 0 radical (unpaired) electrons.